The van der Waals surface area contributed by atoms with E-state index >= 15 is 0 Å². The van der Waals surface area contributed by atoms with Crippen LogP contribution in [0.1, 0.15) is 44.9 Å². The van der Waals surface area contributed by atoms with Crippen LogP contribution in [0.25, 0.3) is 0 Å². The van der Waals surface area contributed by atoms with Gasteiger partial charge in [0.2, 0.25) is 0 Å². The topological polar surface area (TPSA) is 21.3 Å². The Balaban J connectivity index is 1.79. The minimum Gasteiger partial charge on any atom is -0.289 e. The van der Waals surface area contributed by atoms with E-state index in [1.165, 1.54) is 44.9 Å². The third-order valence-electron chi connectivity index (χ3n) is 3.90. The zero-order chi connectivity index (χ0) is 9.86. The number of nitrogens with one attached hydrogen (secondary N) is 1. The summed E-state index contributed by atoms with van der Waals surface area (Å²) in [6.07, 6.45) is 14.7. The fraction of sp³-hybridized carbons (Fsp3) is 0.833. The highest BCUT2D eigenvalue weighted by Crippen LogP contribution is 2.51. The average molecular weight is 193 g/mol. The summed E-state index contributed by atoms with van der Waals surface area (Å²) in [4.78, 5) is 5.23. The summed E-state index contributed by atoms with van der Waals surface area (Å²) in [6.45, 7) is 0.382. The van der Waals surface area contributed by atoms with Gasteiger partial charge >= 0.3 is 0 Å². The molecule has 2 heteroatoms. The minimum absolute atomic E-state index is 0.382. The van der Waals surface area contributed by atoms with Gasteiger partial charge in [0, 0.05) is 6.04 Å². The van der Waals surface area contributed by atoms with Crippen molar-refractivity contribution < 1.29 is 4.84 Å². The maximum atomic E-state index is 5.23. The Morgan fingerprint density at radius 1 is 1.29 bits per heavy atom. The molecule has 2 rings (SSSR count). The quantitative estimate of drug-likeness (QED) is 0.422. The zero-order valence-corrected chi connectivity index (χ0v) is 8.72. The van der Waals surface area contributed by atoms with Crippen molar-refractivity contribution >= 4 is 0 Å². The summed E-state index contributed by atoms with van der Waals surface area (Å²) in [5.74, 6) is 2.48. The Hall–Kier alpha value is -0.520. The van der Waals surface area contributed by atoms with Gasteiger partial charge < -0.3 is 0 Å². The van der Waals surface area contributed by atoms with Crippen molar-refractivity contribution in [2.45, 2.75) is 51.0 Å². The zero-order valence-electron chi connectivity index (χ0n) is 8.72. The van der Waals surface area contributed by atoms with Crippen molar-refractivity contribution in [3.8, 4) is 12.3 Å². The van der Waals surface area contributed by atoms with E-state index in [0.717, 1.165) is 0 Å². The molecule has 78 valence electrons. The van der Waals surface area contributed by atoms with E-state index in [1.807, 2.05) is 0 Å². The van der Waals surface area contributed by atoms with Crippen LogP contribution in [0.2, 0.25) is 0 Å². The lowest BCUT2D eigenvalue weighted by atomic mass is 9.57. The van der Waals surface area contributed by atoms with Gasteiger partial charge in [0.05, 0.1) is 0 Å². The molecule has 2 nitrogen and oxygen atoms in total. The van der Waals surface area contributed by atoms with Gasteiger partial charge in [-0.3, -0.25) is 4.84 Å². The molecule has 0 aromatic rings. The third-order valence-corrected chi connectivity index (χ3v) is 3.90. The Kier molecular flexibility index (Phi) is 3.10. The molecule has 0 heterocycles. The highest BCUT2D eigenvalue weighted by atomic mass is 16.6. The predicted molar refractivity (Wildman–Crippen MR) is 56.5 cm³/mol. The van der Waals surface area contributed by atoms with Crippen LogP contribution in [0.3, 0.4) is 0 Å². The fourth-order valence-corrected chi connectivity index (χ4v) is 2.92. The van der Waals surface area contributed by atoms with E-state index < -0.39 is 0 Å². The number of hydrogen-bond acceptors (Lipinski definition) is 2. The summed E-state index contributed by atoms with van der Waals surface area (Å²) < 4.78 is 0. The van der Waals surface area contributed by atoms with E-state index in [-0.39, 0.29) is 0 Å². The van der Waals surface area contributed by atoms with Crippen molar-refractivity contribution in [1.29, 1.82) is 0 Å². The van der Waals surface area contributed by atoms with Gasteiger partial charge in [0.1, 0.15) is 6.61 Å². The molecule has 2 aliphatic carbocycles. The van der Waals surface area contributed by atoms with Gasteiger partial charge in [-0.1, -0.05) is 25.2 Å². The summed E-state index contributed by atoms with van der Waals surface area (Å²) >= 11 is 0. The normalized spacial score (nSPS) is 29.5. The van der Waals surface area contributed by atoms with E-state index in [0.29, 0.717) is 18.1 Å². The highest BCUT2D eigenvalue weighted by molar-refractivity contribution is 5.00. The lowest BCUT2D eigenvalue weighted by Gasteiger charge is -2.52. The average Bonchev–Trinajstić information content (AvgIpc) is 2.24. The van der Waals surface area contributed by atoms with Crippen molar-refractivity contribution in [2.24, 2.45) is 5.41 Å². The van der Waals surface area contributed by atoms with Crippen LogP contribution < -0.4 is 5.48 Å². The predicted octanol–water partition coefficient (Wildman–Crippen LogP) is 2.25. The van der Waals surface area contributed by atoms with Crippen LogP contribution in [-0.2, 0) is 4.84 Å². The Bertz CT molecular complexity index is 225. The molecule has 0 saturated heterocycles. The van der Waals surface area contributed by atoms with E-state index in [1.54, 1.807) is 0 Å². The molecule has 0 aromatic heterocycles. The second kappa shape index (κ2) is 4.33. The Morgan fingerprint density at radius 3 is 2.64 bits per heavy atom. The molecule has 1 atom stereocenters. The molecule has 2 saturated carbocycles. The number of hydrogen-bond donors (Lipinski definition) is 1. The lowest BCUT2D eigenvalue weighted by Crippen LogP contribution is -2.54. The van der Waals surface area contributed by atoms with Crippen LogP contribution in [-0.4, -0.2) is 12.6 Å². The number of rotatable bonds is 3. The van der Waals surface area contributed by atoms with Gasteiger partial charge in [-0.2, -0.15) is 5.48 Å². The molecule has 1 unspecified atom stereocenters. The van der Waals surface area contributed by atoms with Crippen LogP contribution in [0.5, 0.6) is 0 Å². The molecule has 0 bridgehead atoms. The molecule has 1 N–H and O–H groups in total. The highest BCUT2D eigenvalue weighted by Gasteiger charge is 2.46. The largest absolute Gasteiger partial charge is 0.289 e. The van der Waals surface area contributed by atoms with Crippen LogP contribution >= 0.6 is 0 Å². The maximum Gasteiger partial charge on any atom is 0.128 e. The smallest absolute Gasteiger partial charge is 0.128 e. The summed E-state index contributed by atoms with van der Waals surface area (Å²) in [6, 6.07) is 0.566. The SMILES string of the molecule is C#CCONC1CCC12CCCCC2. The van der Waals surface area contributed by atoms with Gasteiger partial charge in [-0.25, -0.2) is 0 Å². The van der Waals surface area contributed by atoms with Gasteiger partial charge in [0.15, 0.2) is 0 Å². The maximum absolute atomic E-state index is 5.23. The molecule has 1 spiro atoms. The van der Waals surface area contributed by atoms with Crippen molar-refractivity contribution in [3.05, 3.63) is 0 Å². The second-order valence-corrected chi connectivity index (χ2v) is 4.62. The molecule has 0 radical (unpaired) electrons. The van der Waals surface area contributed by atoms with Crippen LogP contribution in [0.15, 0.2) is 0 Å². The molecule has 2 fully saturated rings. The number of terminal acetylenes is 1. The summed E-state index contributed by atoms with van der Waals surface area (Å²) in [5, 5.41) is 0. The summed E-state index contributed by atoms with van der Waals surface area (Å²) in [7, 11) is 0. The minimum atomic E-state index is 0.382. The first kappa shape index (κ1) is 10.0. The standard InChI is InChI=1S/C12H19NO/c1-2-10-14-13-11-6-9-12(11)7-4-3-5-8-12/h1,11,13H,3-10H2. The van der Waals surface area contributed by atoms with Crippen LogP contribution in [0.4, 0.5) is 0 Å². The number of hydroxylamine groups is 1. The van der Waals surface area contributed by atoms with Crippen molar-refractivity contribution in [2.75, 3.05) is 6.61 Å². The van der Waals surface area contributed by atoms with Gasteiger partial charge in [0.25, 0.3) is 0 Å². The second-order valence-electron chi connectivity index (χ2n) is 4.62. The molecule has 2 aliphatic rings. The molecule has 0 aliphatic heterocycles. The van der Waals surface area contributed by atoms with Gasteiger partial charge in [-0.05, 0) is 31.1 Å². The molecule has 0 amide bonds. The Morgan fingerprint density at radius 2 is 2.07 bits per heavy atom. The fourth-order valence-electron chi connectivity index (χ4n) is 2.92. The third kappa shape index (κ3) is 1.80. The van der Waals surface area contributed by atoms with Gasteiger partial charge in [-0.15, -0.1) is 6.42 Å². The van der Waals surface area contributed by atoms with Crippen LogP contribution in [0, 0.1) is 17.8 Å². The monoisotopic (exact) mass is 193 g/mol. The molecular formula is C12H19NO. The van der Waals surface area contributed by atoms with E-state index in [9.17, 15) is 0 Å². The first-order valence-electron chi connectivity index (χ1n) is 5.68. The van der Waals surface area contributed by atoms with E-state index in [4.69, 9.17) is 11.3 Å². The van der Waals surface area contributed by atoms with Crippen molar-refractivity contribution in [1.82, 2.24) is 5.48 Å². The van der Waals surface area contributed by atoms with Crippen molar-refractivity contribution in [3.63, 3.8) is 0 Å². The first-order chi connectivity index (χ1) is 6.87. The lowest BCUT2D eigenvalue weighted by molar-refractivity contribution is -0.0746. The first-order valence-corrected chi connectivity index (χ1v) is 5.68. The molecule has 14 heavy (non-hydrogen) atoms. The summed E-state index contributed by atoms with van der Waals surface area (Å²) in [5.41, 5.74) is 3.70. The van der Waals surface area contributed by atoms with E-state index in [2.05, 4.69) is 11.4 Å². The Labute approximate surface area is 86.4 Å². The molecular weight excluding hydrogens is 174 g/mol. The molecule has 0 aromatic carbocycles.